The van der Waals surface area contributed by atoms with Crippen LogP contribution in [0.4, 0.5) is 0 Å². The summed E-state index contributed by atoms with van der Waals surface area (Å²) in [6, 6.07) is -0.833. The van der Waals surface area contributed by atoms with Crippen molar-refractivity contribution >= 4 is 5.97 Å². The number of carbonyl (C=O) groups is 1. The minimum atomic E-state index is -2.61. The number of esters is 1. The maximum Gasteiger partial charge on any atom is 0.323 e. The van der Waals surface area contributed by atoms with Crippen LogP contribution in [0.15, 0.2) is 0 Å². The molecule has 1 saturated heterocycles. The zero-order valence-electron chi connectivity index (χ0n) is 12.8. The first-order chi connectivity index (χ1) is 8.09. The van der Waals surface area contributed by atoms with Crippen LogP contribution in [-0.2, 0) is 9.53 Å². The fraction of sp³-hybridized carbons (Fsp3) is 0.889. The third-order valence-corrected chi connectivity index (χ3v) is 2.81. The zero-order chi connectivity index (χ0) is 13.9. The standard InChI is InChI=1S/C9H15NO2/c1-9(2)5-4-10-7(6(5)9)8(11)12-3/h5-7,10H,4H2,1-3H3/t5-,6?,7-/m0/s1/i1D3,2D3. The van der Waals surface area contributed by atoms with E-state index < -0.39 is 43.0 Å². The third kappa shape index (κ3) is 0.829. The molecule has 1 heterocycles. The molecular formula is C9H15NO2. The van der Waals surface area contributed by atoms with Gasteiger partial charge in [0.05, 0.1) is 7.11 Å². The normalized spacial score (nSPS) is 51.6. The van der Waals surface area contributed by atoms with Crippen LogP contribution in [0.5, 0.6) is 0 Å². The Hall–Kier alpha value is -0.570. The molecule has 0 bridgehead atoms. The summed E-state index contributed by atoms with van der Waals surface area (Å²) in [4.78, 5) is 11.5. The molecule has 0 radical (unpaired) electrons. The van der Waals surface area contributed by atoms with Crippen LogP contribution in [0.2, 0.25) is 0 Å². The van der Waals surface area contributed by atoms with E-state index in [1.807, 2.05) is 0 Å². The first-order valence-electron chi connectivity index (χ1n) is 6.90. The van der Waals surface area contributed by atoms with Crippen LogP contribution in [0, 0.1) is 17.3 Å². The predicted molar refractivity (Wildman–Crippen MR) is 44.6 cm³/mol. The maximum absolute atomic E-state index is 11.5. The fourth-order valence-electron chi connectivity index (χ4n) is 2.01. The van der Waals surface area contributed by atoms with Crippen LogP contribution in [0.25, 0.3) is 0 Å². The number of rotatable bonds is 1. The summed E-state index contributed by atoms with van der Waals surface area (Å²) in [6.45, 7) is -4.99. The van der Waals surface area contributed by atoms with E-state index in [4.69, 9.17) is 8.22 Å². The first-order valence-corrected chi connectivity index (χ1v) is 3.90. The van der Waals surface area contributed by atoms with Gasteiger partial charge in [0, 0.05) is 8.22 Å². The van der Waals surface area contributed by atoms with Gasteiger partial charge in [-0.3, -0.25) is 4.79 Å². The summed E-state index contributed by atoms with van der Waals surface area (Å²) in [5, 5.41) is 2.83. The van der Waals surface area contributed by atoms with E-state index in [2.05, 4.69) is 10.1 Å². The highest BCUT2D eigenvalue weighted by molar-refractivity contribution is 5.77. The molecule has 3 atom stereocenters. The van der Waals surface area contributed by atoms with Gasteiger partial charge >= 0.3 is 5.97 Å². The summed E-state index contributed by atoms with van der Waals surface area (Å²) >= 11 is 0. The highest BCUT2D eigenvalue weighted by atomic mass is 16.5. The summed E-state index contributed by atoms with van der Waals surface area (Å²) in [5.74, 6) is -1.83. The van der Waals surface area contributed by atoms with Crippen LogP contribution < -0.4 is 5.32 Å². The summed E-state index contributed by atoms with van der Waals surface area (Å²) in [7, 11) is 1.20. The molecule has 2 rings (SSSR count). The van der Waals surface area contributed by atoms with Crippen molar-refractivity contribution in [1.82, 2.24) is 5.32 Å². The molecule has 1 saturated carbocycles. The fourth-order valence-corrected chi connectivity index (χ4v) is 2.01. The molecule has 2 fully saturated rings. The Kier molecular flexibility index (Phi) is 0.678. The van der Waals surface area contributed by atoms with Gasteiger partial charge in [-0.1, -0.05) is 13.7 Å². The number of hydrogen-bond donors (Lipinski definition) is 1. The van der Waals surface area contributed by atoms with Crippen molar-refractivity contribution < 1.29 is 17.8 Å². The number of ether oxygens (including phenoxy) is 1. The van der Waals surface area contributed by atoms with E-state index in [-0.39, 0.29) is 6.54 Å². The quantitative estimate of drug-likeness (QED) is 0.586. The average molecular weight is 175 g/mol. The van der Waals surface area contributed by atoms with Gasteiger partial charge in [-0.15, -0.1) is 0 Å². The second-order valence-corrected chi connectivity index (χ2v) is 3.41. The van der Waals surface area contributed by atoms with Crippen molar-refractivity contribution in [2.24, 2.45) is 17.3 Å². The summed E-state index contributed by atoms with van der Waals surface area (Å²) < 4.78 is 49.8. The number of carbonyl (C=O) groups excluding carboxylic acids is 1. The molecule has 0 aromatic carbocycles. The van der Waals surface area contributed by atoms with Crippen molar-refractivity contribution in [2.45, 2.75) is 19.7 Å². The SMILES string of the molecule is [2H]C([2H])([2H])C1(C([2H])([2H])[2H])C2[C@@H](C(=O)OC)NC[C@@H]21. The summed E-state index contributed by atoms with van der Waals surface area (Å²) in [6.07, 6.45) is 0. The van der Waals surface area contributed by atoms with Crippen molar-refractivity contribution in [3.05, 3.63) is 0 Å². The van der Waals surface area contributed by atoms with E-state index in [0.717, 1.165) is 0 Å². The lowest BCUT2D eigenvalue weighted by Gasteiger charge is -2.16. The maximum atomic E-state index is 11.5. The minimum Gasteiger partial charge on any atom is -0.468 e. The topological polar surface area (TPSA) is 38.3 Å². The molecule has 12 heavy (non-hydrogen) atoms. The Morgan fingerprint density at radius 2 is 2.50 bits per heavy atom. The molecule has 1 N–H and O–H groups in total. The highest BCUT2D eigenvalue weighted by Gasteiger charge is 2.66. The van der Waals surface area contributed by atoms with Gasteiger partial charge in [0.2, 0.25) is 0 Å². The molecule has 0 spiro atoms. The Morgan fingerprint density at radius 3 is 3.00 bits per heavy atom. The van der Waals surface area contributed by atoms with Crippen LogP contribution in [0.3, 0.4) is 0 Å². The van der Waals surface area contributed by atoms with Crippen LogP contribution >= 0.6 is 0 Å². The second-order valence-electron chi connectivity index (χ2n) is 3.41. The van der Waals surface area contributed by atoms with Gasteiger partial charge in [0.25, 0.3) is 0 Å². The van der Waals surface area contributed by atoms with E-state index in [0.29, 0.717) is 0 Å². The minimum absolute atomic E-state index is 0.223. The van der Waals surface area contributed by atoms with E-state index in [1.165, 1.54) is 7.11 Å². The van der Waals surface area contributed by atoms with Gasteiger partial charge in [0.15, 0.2) is 0 Å². The smallest absolute Gasteiger partial charge is 0.323 e. The van der Waals surface area contributed by atoms with Gasteiger partial charge in [-0.25, -0.2) is 0 Å². The van der Waals surface area contributed by atoms with E-state index >= 15 is 0 Å². The molecule has 3 nitrogen and oxygen atoms in total. The molecule has 2 aliphatic rings. The van der Waals surface area contributed by atoms with E-state index in [9.17, 15) is 4.79 Å². The number of nitrogens with one attached hydrogen (secondary N) is 1. The largest absolute Gasteiger partial charge is 0.468 e. The molecule has 3 heteroatoms. The molecule has 1 aliphatic heterocycles. The Morgan fingerprint density at radius 1 is 1.75 bits per heavy atom. The van der Waals surface area contributed by atoms with Gasteiger partial charge in [-0.2, -0.15) is 0 Å². The number of methoxy groups -OCH3 is 1. The lowest BCUT2D eigenvalue weighted by molar-refractivity contribution is -0.143. The summed E-state index contributed by atoms with van der Waals surface area (Å²) in [5.41, 5.74) is -1.77. The van der Waals surface area contributed by atoms with E-state index in [1.54, 1.807) is 0 Å². The van der Waals surface area contributed by atoms with Crippen LogP contribution in [0.1, 0.15) is 21.9 Å². The van der Waals surface area contributed by atoms with Crippen LogP contribution in [-0.4, -0.2) is 25.7 Å². The molecule has 0 aromatic rings. The molecular weight excluding hydrogens is 154 g/mol. The Labute approximate surface area is 80.9 Å². The lowest BCUT2D eigenvalue weighted by atomic mass is 10.0. The number of hydrogen-bond acceptors (Lipinski definition) is 3. The number of fused-ring (bicyclic) bond motifs is 1. The van der Waals surface area contributed by atoms with Crippen molar-refractivity contribution in [1.29, 1.82) is 0 Å². The van der Waals surface area contributed by atoms with Crippen molar-refractivity contribution in [3.8, 4) is 0 Å². The number of piperidine rings is 1. The third-order valence-electron chi connectivity index (χ3n) is 2.81. The average Bonchev–Trinajstić information content (AvgIpc) is 2.72. The van der Waals surface area contributed by atoms with Gasteiger partial charge in [-0.05, 0) is 23.8 Å². The predicted octanol–water partition coefficient (Wildman–Crippen LogP) is 0.403. The molecule has 68 valence electrons. The van der Waals surface area contributed by atoms with Crippen molar-refractivity contribution in [3.63, 3.8) is 0 Å². The lowest BCUT2D eigenvalue weighted by Crippen LogP contribution is -2.38. The molecule has 1 aliphatic carbocycles. The van der Waals surface area contributed by atoms with Crippen molar-refractivity contribution in [2.75, 3.05) is 13.7 Å². The Balaban J connectivity index is 2.37. The monoisotopic (exact) mass is 175 g/mol. The second kappa shape index (κ2) is 2.22. The molecule has 1 unspecified atom stereocenters. The zero-order valence-corrected chi connectivity index (χ0v) is 6.76. The van der Waals surface area contributed by atoms with Gasteiger partial charge < -0.3 is 10.1 Å². The first kappa shape index (κ1) is 3.66. The Bertz CT molecular complexity index is 362. The molecule has 0 amide bonds. The van der Waals surface area contributed by atoms with Gasteiger partial charge in [0.1, 0.15) is 6.04 Å². The molecule has 0 aromatic heterocycles. The highest BCUT2D eigenvalue weighted by Crippen LogP contribution is 2.62.